The fraction of sp³-hybridized carbons (Fsp3) is 0.0588. The number of amides is 1. The van der Waals surface area contributed by atoms with E-state index in [1.165, 1.54) is 24.3 Å². The maximum absolute atomic E-state index is 13.7. The van der Waals surface area contributed by atoms with Crippen LogP contribution in [0.15, 0.2) is 48.5 Å². The smallest absolute Gasteiger partial charge is 0.276 e. The molecule has 6 nitrogen and oxygen atoms in total. The molecule has 1 amide bonds. The summed E-state index contributed by atoms with van der Waals surface area (Å²) in [5.74, 6) is -2.52. The SMILES string of the molecule is N#C[C@@H](NC(=O)/C=C\c1ccccc1[N+](=O)[O-])c1ccc(F)cc1F. The summed E-state index contributed by atoms with van der Waals surface area (Å²) in [5, 5.41) is 22.2. The highest BCUT2D eigenvalue weighted by atomic mass is 19.1. The van der Waals surface area contributed by atoms with E-state index in [0.717, 1.165) is 18.2 Å². The Morgan fingerprint density at radius 1 is 1.28 bits per heavy atom. The first-order chi connectivity index (χ1) is 11.9. The molecule has 8 heteroatoms. The monoisotopic (exact) mass is 343 g/mol. The van der Waals surface area contributed by atoms with E-state index in [-0.39, 0.29) is 16.8 Å². The van der Waals surface area contributed by atoms with Crippen LogP contribution in [0.4, 0.5) is 14.5 Å². The van der Waals surface area contributed by atoms with Crippen molar-refractivity contribution in [2.24, 2.45) is 0 Å². The van der Waals surface area contributed by atoms with Crippen LogP contribution >= 0.6 is 0 Å². The highest BCUT2D eigenvalue weighted by molar-refractivity contribution is 5.92. The van der Waals surface area contributed by atoms with Gasteiger partial charge in [-0.3, -0.25) is 14.9 Å². The van der Waals surface area contributed by atoms with Crippen molar-refractivity contribution in [2.75, 3.05) is 0 Å². The second kappa shape index (κ2) is 7.79. The predicted octanol–water partition coefficient (Wildman–Crippen LogP) is 3.27. The molecule has 0 spiro atoms. The summed E-state index contributed by atoms with van der Waals surface area (Å²) >= 11 is 0. The average Bonchev–Trinajstić information content (AvgIpc) is 2.58. The first kappa shape index (κ1) is 17.7. The lowest BCUT2D eigenvalue weighted by Crippen LogP contribution is -2.26. The summed E-state index contributed by atoms with van der Waals surface area (Å²) in [6, 6.07) is 8.79. The van der Waals surface area contributed by atoms with Crippen molar-refractivity contribution in [3.05, 3.63) is 81.4 Å². The van der Waals surface area contributed by atoms with E-state index in [1.807, 2.05) is 0 Å². The Balaban J connectivity index is 2.16. The number of benzene rings is 2. The minimum absolute atomic E-state index is 0.184. The number of nitrogens with one attached hydrogen (secondary N) is 1. The largest absolute Gasteiger partial charge is 0.333 e. The van der Waals surface area contributed by atoms with Gasteiger partial charge in [-0.25, -0.2) is 8.78 Å². The summed E-state index contributed by atoms with van der Waals surface area (Å²) in [6.07, 6.45) is 2.21. The van der Waals surface area contributed by atoms with Crippen molar-refractivity contribution in [1.29, 1.82) is 5.26 Å². The molecule has 0 aliphatic rings. The molecule has 25 heavy (non-hydrogen) atoms. The molecular formula is C17H11F2N3O3. The molecule has 0 unspecified atom stereocenters. The molecule has 0 radical (unpaired) electrons. The molecular weight excluding hydrogens is 332 g/mol. The zero-order valence-electron chi connectivity index (χ0n) is 12.6. The lowest BCUT2D eigenvalue weighted by atomic mass is 10.1. The van der Waals surface area contributed by atoms with Crippen molar-refractivity contribution < 1.29 is 18.5 Å². The summed E-state index contributed by atoms with van der Waals surface area (Å²) in [7, 11) is 0. The van der Waals surface area contributed by atoms with Crippen molar-refractivity contribution in [1.82, 2.24) is 5.32 Å². The molecule has 0 aliphatic heterocycles. The lowest BCUT2D eigenvalue weighted by Gasteiger charge is -2.11. The molecule has 0 saturated heterocycles. The third-order valence-corrected chi connectivity index (χ3v) is 3.24. The molecule has 2 aromatic carbocycles. The van der Waals surface area contributed by atoms with Gasteiger partial charge in [-0.15, -0.1) is 0 Å². The molecule has 0 fully saturated rings. The Hall–Kier alpha value is -3.60. The van der Waals surface area contributed by atoms with E-state index in [9.17, 15) is 23.7 Å². The number of nitriles is 1. The fourth-order valence-electron chi connectivity index (χ4n) is 2.07. The van der Waals surface area contributed by atoms with E-state index >= 15 is 0 Å². The van der Waals surface area contributed by atoms with Crippen LogP contribution in [0.2, 0.25) is 0 Å². The number of halogens is 2. The second-order valence-corrected chi connectivity index (χ2v) is 4.89. The number of rotatable bonds is 5. The van der Waals surface area contributed by atoms with Crippen molar-refractivity contribution >= 4 is 17.7 Å². The molecule has 0 saturated carbocycles. The van der Waals surface area contributed by atoms with E-state index < -0.39 is 28.5 Å². The van der Waals surface area contributed by atoms with E-state index in [1.54, 1.807) is 12.1 Å². The fourth-order valence-corrected chi connectivity index (χ4v) is 2.07. The van der Waals surface area contributed by atoms with Crippen LogP contribution in [0.5, 0.6) is 0 Å². The van der Waals surface area contributed by atoms with Crippen LogP contribution in [-0.4, -0.2) is 10.8 Å². The van der Waals surface area contributed by atoms with E-state index in [2.05, 4.69) is 5.32 Å². The van der Waals surface area contributed by atoms with Crippen molar-refractivity contribution in [3.63, 3.8) is 0 Å². The van der Waals surface area contributed by atoms with Gasteiger partial charge in [-0.05, 0) is 18.2 Å². The van der Waals surface area contributed by atoms with Crippen LogP contribution in [0.25, 0.3) is 6.08 Å². The number of para-hydroxylation sites is 1. The van der Waals surface area contributed by atoms with Crippen LogP contribution < -0.4 is 5.32 Å². The van der Waals surface area contributed by atoms with Crippen LogP contribution in [0.3, 0.4) is 0 Å². The topological polar surface area (TPSA) is 96.0 Å². The molecule has 1 N–H and O–H groups in total. The second-order valence-electron chi connectivity index (χ2n) is 4.89. The average molecular weight is 343 g/mol. The summed E-state index contributed by atoms with van der Waals surface area (Å²) in [6.45, 7) is 0. The number of carbonyl (C=O) groups is 1. The van der Waals surface area contributed by atoms with Crippen LogP contribution in [0, 0.1) is 33.1 Å². The minimum Gasteiger partial charge on any atom is -0.333 e. The van der Waals surface area contributed by atoms with Crippen LogP contribution in [0.1, 0.15) is 17.2 Å². The van der Waals surface area contributed by atoms with E-state index in [0.29, 0.717) is 6.07 Å². The maximum Gasteiger partial charge on any atom is 0.276 e. The van der Waals surface area contributed by atoms with Crippen molar-refractivity contribution in [3.8, 4) is 6.07 Å². The summed E-state index contributed by atoms with van der Waals surface area (Å²) in [5.41, 5.74) is -0.173. The molecule has 1 atom stereocenters. The van der Waals surface area contributed by atoms with Gasteiger partial charge in [0.1, 0.15) is 17.7 Å². The van der Waals surface area contributed by atoms with Crippen molar-refractivity contribution in [2.45, 2.75) is 6.04 Å². The lowest BCUT2D eigenvalue weighted by molar-refractivity contribution is -0.385. The summed E-state index contributed by atoms with van der Waals surface area (Å²) < 4.78 is 26.6. The van der Waals surface area contributed by atoms with Gasteiger partial charge in [-0.2, -0.15) is 5.26 Å². The predicted molar refractivity (Wildman–Crippen MR) is 85.0 cm³/mol. The molecule has 0 aromatic heterocycles. The standard InChI is InChI=1S/C17H11F2N3O3/c18-12-6-7-13(14(19)9-12)15(10-20)21-17(23)8-5-11-3-1-2-4-16(11)22(24)25/h1-9,15H,(H,21,23)/b8-5-/t15-/m1/s1. The number of hydrogen-bond donors (Lipinski definition) is 1. The van der Waals surface area contributed by atoms with Gasteiger partial charge < -0.3 is 5.32 Å². The highest BCUT2D eigenvalue weighted by Gasteiger charge is 2.17. The first-order valence-corrected chi connectivity index (χ1v) is 6.99. The Labute approximate surface area is 141 Å². The Bertz CT molecular complexity index is 891. The Morgan fingerprint density at radius 2 is 2.00 bits per heavy atom. The van der Waals surface area contributed by atoms with Crippen LogP contribution in [-0.2, 0) is 4.79 Å². The Morgan fingerprint density at radius 3 is 2.64 bits per heavy atom. The zero-order chi connectivity index (χ0) is 18.4. The van der Waals surface area contributed by atoms with Gasteiger partial charge >= 0.3 is 0 Å². The number of nitro groups is 1. The van der Waals surface area contributed by atoms with Gasteiger partial charge in [0.05, 0.1) is 16.6 Å². The molecule has 0 heterocycles. The third kappa shape index (κ3) is 4.45. The van der Waals surface area contributed by atoms with Gasteiger partial charge in [0.25, 0.3) is 5.69 Å². The minimum atomic E-state index is -1.33. The number of nitro benzene ring substituents is 1. The summed E-state index contributed by atoms with van der Waals surface area (Å²) in [4.78, 5) is 22.2. The first-order valence-electron chi connectivity index (χ1n) is 6.99. The third-order valence-electron chi connectivity index (χ3n) is 3.24. The zero-order valence-corrected chi connectivity index (χ0v) is 12.6. The number of nitrogens with zero attached hydrogens (tertiary/aromatic N) is 2. The molecule has 126 valence electrons. The quantitative estimate of drug-likeness (QED) is 0.512. The normalized spacial score (nSPS) is 11.7. The number of hydrogen-bond acceptors (Lipinski definition) is 4. The van der Waals surface area contributed by atoms with Gasteiger partial charge in [0, 0.05) is 23.8 Å². The molecule has 0 bridgehead atoms. The van der Waals surface area contributed by atoms with E-state index in [4.69, 9.17) is 5.26 Å². The molecule has 2 rings (SSSR count). The van der Waals surface area contributed by atoms with Gasteiger partial charge in [0.15, 0.2) is 0 Å². The van der Waals surface area contributed by atoms with Gasteiger partial charge in [0.2, 0.25) is 5.91 Å². The van der Waals surface area contributed by atoms with Gasteiger partial charge in [-0.1, -0.05) is 18.2 Å². The number of carbonyl (C=O) groups excluding carboxylic acids is 1. The molecule has 0 aliphatic carbocycles. The highest BCUT2D eigenvalue weighted by Crippen LogP contribution is 2.20. The molecule has 2 aromatic rings. The maximum atomic E-state index is 13.7. The Kier molecular flexibility index (Phi) is 5.53.